The molecule has 0 saturated heterocycles. The summed E-state index contributed by atoms with van der Waals surface area (Å²) in [4.78, 5) is 4.55. The third-order valence-electron chi connectivity index (χ3n) is 2.14. The summed E-state index contributed by atoms with van der Waals surface area (Å²) < 4.78 is 0. The average Bonchev–Trinajstić information content (AvgIpc) is 2.44. The van der Waals surface area contributed by atoms with Crippen molar-refractivity contribution in [2.24, 2.45) is 10.9 Å². The molecule has 0 bridgehead atoms. The van der Waals surface area contributed by atoms with Crippen LogP contribution in [-0.4, -0.2) is 12.9 Å². The second-order valence-electron chi connectivity index (χ2n) is 3.90. The van der Waals surface area contributed by atoms with Crippen LogP contribution in [0.15, 0.2) is 29.3 Å². The van der Waals surface area contributed by atoms with E-state index in [9.17, 15) is 0 Å². The number of para-hydroxylation sites is 1. The largest absolute Gasteiger partial charge is 0.269 e. The van der Waals surface area contributed by atoms with E-state index in [2.05, 4.69) is 44.3 Å². The van der Waals surface area contributed by atoms with Gasteiger partial charge in [0.15, 0.2) is 0 Å². The first kappa shape index (κ1) is 8.55. The van der Waals surface area contributed by atoms with E-state index in [0.717, 1.165) is 12.1 Å². The molecule has 1 heterocycles. The maximum absolute atomic E-state index is 4.55. The Bertz CT molecular complexity index is 342. The SMILES string of the molecule is CC(C)CC1=Nc2ccccc2[B]1. The van der Waals surface area contributed by atoms with E-state index in [4.69, 9.17) is 0 Å². The summed E-state index contributed by atoms with van der Waals surface area (Å²) in [6, 6.07) is 8.28. The summed E-state index contributed by atoms with van der Waals surface area (Å²) in [5.41, 5.74) is 3.60. The average molecular weight is 170 g/mol. The molecular weight excluding hydrogens is 157 g/mol. The lowest BCUT2D eigenvalue weighted by molar-refractivity contribution is 0.688. The maximum atomic E-state index is 4.55. The van der Waals surface area contributed by atoms with Gasteiger partial charge in [0, 0.05) is 0 Å². The van der Waals surface area contributed by atoms with Crippen LogP contribution in [0.4, 0.5) is 5.69 Å². The predicted molar refractivity (Wildman–Crippen MR) is 58.4 cm³/mol. The van der Waals surface area contributed by atoms with Crippen LogP contribution in [0.25, 0.3) is 0 Å². The van der Waals surface area contributed by atoms with Gasteiger partial charge in [0.05, 0.1) is 5.69 Å². The highest BCUT2D eigenvalue weighted by Crippen LogP contribution is 2.16. The fourth-order valence-corrected chi connectivity index (χ4v) is 1.60. The minimum Gasteiger partial charge on any atom is -0.269 e. The number of hydrogen-bond acceptors (Lipinski definition) is 1. The third kappa shape index (κ3) is 1.82. The van der Waals surface area contributed by atoms with Crippen molar-refractivity contribution < 1.29 is 0 Å². The zero-order valence-electron chi connectivity index (χ0n) is 8.12. The van der Waals surface area contributed by atoms with Gasteiger partial charge in [-0.25, -0.2) is 0 Å². The highest BCUT2D eigenvalue weighted by Gasteiger charge is 2.15. The van der Waals surface area contributed by atoms with Crippen molar-refractivity contribution in [3.05, 3.63) is 24.3 Å². The summed E-state index contributed by atoms with van der Waals surface area (Å²) in [6.07, 6.45) is 1.08. The zero-order chi connectivity index (χ0) is 9.26. The van der Waals surface area contributed by atoms with Gasteiger partial charge in [-0.05, 0) is 24.0 Å². The Labute approximate surface area is 80.1 Å². The molecule has 0 atom stereocenters. The minimum absolute atomic E-state index is 0.685. The molecule has 0 amide bonds. The van der Waals surface area contributed by atoms with Crippen LogP contribution in [0, 0.1) is 5.92 Å². The lowest BCUT2D eigenvalue weighted by Gasteiger charge is -2.01. The van der Waals surface area contributed by atoms with E-state index >= 15 is 0 Å². The van der Waals surface area contributed by atoms with Crippen molar-refractivity contribution in [3.63, 3.8) is 0 Å². The second-order valence-corrected chi connectivity index (χ2v) is 3.90. The molecule has 1 nitrogen and oxygen atoms in total. The summed E-state index contributed by atoms with van der Waals surface area (Å²) in [7, 11) is 2.19. The predicted octanol–water partition coefficient (Wildman–Crippen LogP) is 2.11. The smallest absolute Gasteiger partial charge is 0.214 e. The van der Waals surface area contributed by atoms with Crippen molar-refractivity contribution >= 4 is 24.0 Å². The molecule has 1 aliphatic rings. The first-order valence-corrected chi connectivity index (χ1v) is 4.77. The first-order chi connectivity index (χ1) is 6.25. The monoisotopic (exact) mass is 170 g/mol. The fraction of sp³-hybridized carbons (Fsp3) is 0.364. The molecule has 0 spiro atoms. The summed E-state index contributed by atoms with van der Waals surface area (Å²) in [6.45, 7) is 4.44. The van der Waals surface area contributed by atoms with E-state index in [-0.39, 0.29) is 0 Å². The highest BCUT2D eigenvalue weighted by atomic mass is 14.8. The van der Waals surface area contributed by atoms with Crippen molar-refractivity contribution in [2.45, 2.75) is 20.3 Å². The Kier molecular flexibility index (Phi) is 2.21. The van der Waals surface area contributed by atoms with Crippen LogP contribution in [-0.2, 0) is 0 Å². The van der Waals surface area contributed by atoms with Gasteiger partial charge in [-0.2, -0.15) is 0 Å². The van der Waals surface area contributed by atoms with E-state index < -0.39 is 0 Å². The lowest BCUT2D eigenvalue weighted by atomic mass is 9.65. The number of fused-ring (bicyclic) bond motifs is 1. The molecule has 0 unspecified atom stereocenters. The van der Waals surface area contributed by atoms with Gasteiger partial charge in [0.25, 0.3) is 0 Å². The van der Waals surface area contributed by atoms with Crippen molar-refractivity contribution in [1.29, 1.82) is 0 Å². The highest BCUT2D eigenvalue weighted by molar-refractivity contribution is 6.88. The summed E-state index contributed by atoms with van der Waals surface area (Å²) in [5, 5.41) is 0. The molecule has 0 saturated carbocycles. The fourth-order valence-electron chi connectivity index (χ4n) is 1.60. The molecular formula is C11H13BN. The molecule has 1 aromatic carbocycles. The van der Waals surface area contributed by atoms with Crippen LogP contribution in [0.3, 0.4) is 0 Å². The van der Waals surface area contributed by atoms with Crippen molar-refractivity contribution in [3.8, 4) is 0 Å². The Morgan fingerprint density at radius 3 is 2.77 bits per heavy atom. The van der Waals surface area contributed by atoms with Crippen molar-refractivity contribution in [2.75, 3.05) is 0 Å². The van der Waals surface area contributed by atoms with Gasteiger partial charge in [-0.3, -0.25) is 4.99 Å². The first-order valence-electron chi connectivity index (χ1n) is 4.77. The van der Waals surface area contributed by atoms with Crippen LogP contribution in [0.1, 0.15) is 20.3 Å². The minimum atomic E-state index is 0.685. The van der Waals surface area contributed by atoms with E-state index in [0.29, 0.717) is 5.92 Å². The number of nitrogens with zero attached hydrogens (tertiary/aromatic N) is 1. The van der Waals surface area contributed by atoms with E-state index in [1.807, 2.05) is 6.07 Å². The number of rotatable bonds is 2. The zero-order valence-corrected chi connectivity index (χ0v) is 8.12. The number of aliphatic imine (C=N–C) groups is 1. The molecule has 0 aromatic heterocycles. The Hall–Kier alpha value is -1.05. The summed E-state index contributed by atoms with van der Waals surface area (Å²) in [5.74, 6) is 0.685. The van der Waals surface area contributed by atoms with Crippen LogP contribution in [0.5, 0.6) is 0 Å². The van der Waals surface area contributed by atoms with Gasteiger partial charge in [0.2, 0.25) is 7.28 Å². The van der Waals surface area contributed by atoms with E-state index in [1.165, 1.54) is 11.1 Å². The maximum Gasteiger partial charge on any atom is 0.214 e. The molecule has 1 radical (unpaired) electrons. The molecule has 2 rings (SSSR count). The number of hydrogen-bond donors (Lipinski definition) is 0. The van der Waals surface area contributed by atoms with Gasteiger partial charge in [-0.1, -0.05) is 37.5 Å². The molecule has 0 aliphatic carbocycles. The Balaban J connectivity index is 2.17. The molecule has 0 fully saturated rings. The Morgan fingerprint density at radius 1 is 1.31 bits per heavy atom. The molecule has 2 heteroatoms. The Morgan fingerprint density at radius 2 is 2.08 bits per heavy atom. The van der Waals surface area contributed by atoms with Crippen molar-refractivity contribution in [1.82, 2.24) is 0 Å². The van der Waals surface area contributed by atoms with Gasteiger partial charge in [-0.15, -0.1) is 0 Å². The molecule has 13 heavy (non-hydrogen) atoms. The molecule has 1 aromatic rings. The number of benzene rings is 1. The standard InChI is InChI=1S/C11H13BN/c1-8(2)7-11-12-9-5-3-4-6-10(9)13-11/h3-6,8H,7H2,1-2H3. The normalized spacial score (nSPS) is 13.9. The quantitative estimate of drug-likeness (QED) is 0.602. The topological polar surface area (TPSA) is 12.4 Å². The van der Waals surface area contributed by atoms with E-state index in [1.54, 1.807) is 0 Å². The summed E-state index contributed by atoms with van der Waals surface area (Å²) >= 11 is 0. The molecule has 0 N–H and O–H groups in total. The van der Waals surface area contributed by atoms with Crippen LogP contribution >= 0.6 is 0 Å². The van der Waals surface area contributed by atoms with Gasteiger partial charge < -0.3 is 0 Å². The van der Waals surface area contributed by atoms with Gasteiger partial charge >= 0.3 is 0 Å². The third-order valence-corrected chi connectivity index (χ3v) is 2.14. The van der Waals surface area contributed by atoms with Crippen LogP contribution < -0.4 is 5.46 Å². The lowest BCUT2D eigenvalue weighted by Crippen LogP contribution is -2.18. The van der Waals surface area contributed by atoms with Crippen LogP contribution in [0.2, 0.25) is 0 Å². The van der Waals surface area contributed by atoms with Gasteiger partial charge in [0.1, 0.15) is 0 Å². The molecule has 1 aliphatic heterocycles. The molecule has 65 valence electrons. The second kappa shape index (κ2) is 3.37.